The lowest BCUT2D eigenvalue weighted by molar-refractivity contribution is -0.145. The van der Waals surface area contributed by atoms with Gasteiger partial charge in [0.2, 0.25) is 11.8 Å². The molecule has 0 saturated heterocycles. The summed E-state index contributed by atoms with van der Waals surface area (Å²) in [6.45, 7) is 14.0. The van der Waals surface area contributed by atoms with Crippen molar-refractivity contribution in [3.8, 4) is 0 Å². The van der Waals surface area contributed by atoms with Gasteiger partial charge in [-0.05, 0) is 59.4 Å². The van der Waals surface area contributed by atoms with E-state index in [-0.39, 0.29) is 18.2 Å². The number of hydrogen-bond donors (Lipinski definition) is 1. The van der Waals surface area contributed by atoms with Crippen LogP contribution < -0.4 is 5.73 Å². The van der Waals surface area contributed by atoms with E-state index in [0.29, 0.717) is 18.9 Å². The van der Waals surface area contributed by atoms with Gasteiger partial charge in [-0.2, -0.15) is 0 Å². The summed E-state index contributed by atoms with van der Waals surface area (Å²) in [6, 6.07) is -0.366. The Bertz CT molecular complexity index is 601. The topological polar surface area (TPSA) is 96.2 Å². The zero-order valence-electron chi connectivity index (χ0n) is 21.6. The molecule has 188 valence electrons. The second-order valence-electron chi connectivity index (χ2n) is 9.09. The van der Waals surface area contributed by atoms with Crippen LogP contribution in [0.5, 0.6) is 0 Å². The van der Waals surface area contributed by atoms with Crippen molar-refractivity contribution in [1.29, 1.82) is 0 Å². The number of carbonyl (C=O) groups is 3. The highest BCUT2D eigenvalue weighted by atomic mass is 32.2. The highest BCUT2D eigenvalue weighted by Crippen LogP contribution is 2.24. The van der Waals surface area contributed by atoms with Gasteiger partial charge in [0.15, 0.2) is 5.37 Å². The maximum Gasteiger partial charge on any atom is 0.256 e. The molecule has 9 heteroatoms. The van der Waals surface area contributed by atoms with Crippen LogP contribution in [0.4, 0.5) is 0 Å². The van der Waals surface area contributed by atoms with Crippen molar-refractivity contribution in [1.82, 2.24) is 14.7 Å². The molecule has 0 fully saturated rings. The van der Waals surface area contributed by atoms with Crippen molar-refractivity contribution < 1.29 is 19.1 Å². The summed E-state index contributed by atoms with van der Waals surface area (Å²) >= 11 is 1.44. The predicted octanol–water partition coefficient (Wildman–Crippen LogP) is 2.55. The molecule has 0 saturated carbocycles. The number of thioether (sulfide) groups is 1. The number of amides is 3. The zero-order chi connectivity index (χ0) is 25.1. The fourth-order valence-corrected chi connectivity index (χ4v) is 4.59. The first-order chi connectivity index (χ1) is 14.8. The van der Waals surface area contributed by atoms with Crippen LogP contribution in [0, 0.1) is 0 Å². The molecular weight excluding hydrogens is 428 g/mol. The average molecular weight is 475 g/mol. The Balaban J connectivity index is 5.50. The Kier molecular flexibility index (Phi) is 14.1. The van der Waals surface area contributed by atoms with Gasteiger partial charge in [0, 0.05) is 40.1 Å². The Labute approximate surface area is 199 Å². The van der Waals surface area contributed by atoms with Crippen molar-refractivity contribution >= 4 is 29.5 Å². The van der Waals surface area contributed by atoms with Gasteiger partial charge < -0.3 is 25.2 Å². The van der Waals surface area contributed by atoms with Crippen molar-refractivity contribution in [2.45, 2.75) is 90.3 Å². The summed E-state index contributed by atoms with van der Waals surface area (Å²) in [4.78, 5) is 43.5. The number of methoxy groups -OCH3 is 1. The standard InChI is InChI=1S/C23H46N4O4S/c1-10-13-19(28)26(8)22(32-15-12-14-27(11-2)17(3)4)21(30)25(7)18(20(24)29)16-23(5,6)31-9/h17-18,22H,10-16H2,1-9H3,(H2,24,29)/t18-,22+/m0/s1. The van der Waals surface area contributed by atoms with Crippen LogP contribution in [0.3, 0.4) is 0 Å². The van der Waals surface area contributed by atoms with Gasteiger partial charge in [0.05, 0.1) is 5.60 Å². The molecule has 0 aromatic carbocycles. The van der Waals surface area contributed by atoms with Crippen LogP contribution in [-0.2, 0) is 19.1 Å². The smallest absolute Gasteiger partial charge is 0.256 e. The van der Waals surface area contributed by atoms with Crippen molar-refractivity contribution in [2.24, 2.45) is 5.73 Å². The lowest BCUT2D eigenvalue weighted by Gasteiger charge is -2.36. The molecule has 0 aromatic rings. The summed E-state index contributed by atoms with van der Waals surface area (Å²) in [6.07, 6.45) is 2.24. The second-order valence-corrected chi connectivity index (χ2v) is 10.3. The lowest BCUT2D eigenvalue weighted by atomic mass is 9.97. The highest BCUT2D eigenvalue weighted by molar-refractivity contribution is 8.00. The van der Waals surface area contributed by atoms with Gasteiger partial charge in [-0.15, -0.1) is 11.8 Å². The van der Waals surface area contributed by atoms with Gasteiger partial charge >= 0.3 is 0 Å². The van der Waals surface area contributed by atoms with Crippen molar-refractivity contribution in [3.63, 3.8) is 0 Å². The Hall–Kier alpha value is -1.32. The van der Waals surface area contributed by atoms with E-state index in [1.165, 1.54) is 21.6 Å². The first-order valence-corrected chi connectivity index (χ1v) is 12.6. The summed E-state index contributed by atoms with van der Waals surface area (Å²) < 4.78 is 5.44. The number of primary amides is 1. The first-order valence-electron chi connectivity index (χ1n) is 11.5. The lowest BCUT2D eigenvalue weighted by Crippen LogP contribution is -2.54. The molecule has 0 bridgehead atoms. The Morgan fingerprint density at radius 2 is 1.69 bits per heavy atom. The molecule has 3 amide bonds. The van der Waals surface area contributed by atoms with E-state index >= 15 is 0 Å². The van der Waals surface area contributed by atoms with Crippen LogP contribution in [0.15, 0.2) is 0 Å². The molecule has 0 aliphatic heterocycles. The summed E-state index contributed by atoms with van der Waals surface area (Å²) in [5, 5.41) is -0.708. The quantitative estimate of drug-likeness (QED) is 0.273. The minimum Gasteiger partial charge on any atom is -0.379 e. The summed E-state index contributed by atoms with van der Waals surface area (Å²) in [5.74, 6) is -0.249. The molecule has 2 N–H and O–H groups in total. The van der Waals surface area contributed by atoms with Crippen molar-refractivity contribution in [2.75, 3.05) is 40.0 Å². The van der Waals surface area contributed by atoms with Crippen LogP contribution in [0.2, 0.25) is 0 Å². The molecule has 2 atom stereocenters. The van der Waals surface area contributed by atoms with Gasteiger partial charge in [-0.1, -0.05) is 13.8 Å². The number of carbonyl (C=O) groups excluding carboxylic acids is 3. The molecule has 32 heavy (non-hydrogen) atoms. The highest BCUT2D eigenvalue weighted by Gasteiger charge is 2.37. The number of likely N-dealkylation sites (N-methyl/N-ethyl adjacent to an activating group) is 2. The predicted molar refractivity (Wildman–Crippen MR) is 132 cm³/mol. The van der Waals surface area contributed by atoms with Gasteiger partial charge in [-0.25, -0.2) is 0 Å². The number of rotatable bonds is 16. The third-order valence-corrected chi connectivity index (χ3v) is 7.16. The molecule has 8 nitrogen and oxygen atoms in total. The summed E-state index contributed by atoms with van der Waals surface area (Å²) in [7, 11) is 4.80. The van der Waals surface area contributed by atoms with E-state index in [2.05, 4.69) is 25.7 Å². The zero-order valence-corrected chi connectivity index (χ0v) is 22.5. The van der Waals surface area contributed by atoms with E-state index < -0.39 is 22.9 Å². The van der Waals surface area contributed by atoms with Crippen LogP contribution >= 0.6 is 11.8 Å². The van der Waals surface area contributed by atoms with Gasteiger partial charge in [0.25, 0.3) is 5.91 Å². The molecule has 0 spiro atoms. The maximum atomic E-state index is 13.5. The molecule has 0 rings (SSSR count). The maximum absolute atomic E-state index is 13.5. The van der Waals surface area contributed by atoms with E-state index in [9.17, 15) is 14.4 Å². The molecule has 0 aliphatic rings. The van der Waals surface area contributed by atoms with Crippen LogP contribution in [-0.4, -0.2) is 95.5 Å². The monoisotopic (exact) mass is 474 g/mol. The summed E-state index contributed by atoms with van der Waals surface area (Å²) in [5.41, 5.74) is 5.01. The largest absolute Gasteiger partial charge is 0.379 e. The number of hydrogen-bond acceptors (Lipinski definition) is 6. The normalized spacial score (nSPS) is 13.8. The first kappa shape index (κ1) is 30.7. The molecule has 0 radical (unpaired) electrons. The fraction of sp³-hybridized carbons (Fsp3) is 0.870. The van der Waals surface area contributed by atoms with E-state index in [4.69, 9.17) is 10.5 Å². The number of ether oxygens (including phenoxy) is 1. The van der Waals surface area contributed by atoms with Crippen molar-refractivity contribution in [3.05, 3.63) is 0 Å². The fourth-order valence-electron chi connectivity index (χ4n) is 3.42. The van der Waals surface area contributed by atoms with Gasteiger partial charge in [-0.3, -0.25) is 14.4 Å². The Morgan fingerprint density at radius 3 is 2.12 bits per heavy atom. The van der Waals surface area contributed by atoms with E-state index in [1.807, 2.05) is 20.8 Å². The van der Waals surface area contributed by atoms with Gasteiger partial charge in [0.1, 0.15) is 6.04 Å². The van der Waals surface area contributed by atoms with Crippen LogP contribution in [0.25, 0.3) is 0 Å². The molecule has 0 aliphatic carbocycles. The third kappa shape index (κ3) is 10.1. The van der Waals surface area contributed by atoms with E-state index in [1.54, 1.807) is 21.2 Å². The van der Waals surface area contributed by atoms with Crippen LogP contribution in [0.1, 0.15) is 67.2 Å². The molecule has 0 unspecified atom stereocenters. The second kappa shape index (κ2) is 14.8. The number of nitrogens with two attached hydrogens (primary N) is 1. The molecule has 0 heterocycles. The molecular formula is C23H46N4O4S. The average Bonchev–Trinajstić information content (AvgIpc) is 2.73. The number of nitrogens with zero attached hydrogens (tertiary/aromatic N) is 3. The van der Waals surface area contributed by atoms with E-state index in [0.717, 1.165) is 25.3 Å². The Morgan fingerprint density at radius 1 is 1.09 bits per heavy atom. The third-order valence-electron chi connectivity index (χ3n) is 5.80. The molecule has 0 aromatic heterocycles. The SMILES string of the molecule is CCCC(=O)N(C)[C@H](SCCCN(CC)C(C)C)C(=O)N(C)[C@@H](CC(C)(C)OC)C(N)=O. The minimum atomic E-state index is -0.827. The minimum absolute atomic E-state index is 0.0861.